The van der Waals surface area contributed by atoms with Gasteiger partial charge in [0.2, 0.25) is 0 Å². The molecular weight excluding hydrogens is 322 g/mol. The van der Waals surface area contributed by atoms with Crippen molar-refractivity contribution in [2.45, 2.75) is 63.9 Å². The van der Waals surface area contributed by atoms with Crippen molar-refractivity contribution < 1.29 is 9.47 Å². The number of benzene rings is 1. The molecule has 0 fully saturated rings. The van der Waals surface area contributed by atoms with E-state index in [9.17, 15) is 0 Å². The summed E-state index contributed by atoms with van der Waals surface area (Å²) >= 11 is 0. The van der Waals surface area contributed by atoms with Gasteiger partial charge in [0.05, 0.1) is 13.2 Å². The lowest BCUT2D eigenvalue weighted by molar-refractivity contribution is 0.0381. The second-order valence-electron chi connectivity index (χ2n) is 7.11. The first kappa shape index (κ1) is 18.9. The fourth-order valence-corrected chi connectivity index (χ4v) is 3.73. The van der Waals surface area contributed by atoms with Crippen molar-refractivity contribution in [3.63, 3.8) is 0 Å². The molecule has 0 bridgehead atoms. The number of nitrogens with zero attached hydrogens (tertiary/aromatic N) is 1. The molecule has 1 aliphatic carbocycles. The zero-order chi connectivity index (χ0) is 18.0. The molecule has 1 atom stereocenters. The fourth-order valence-electron chi connectivity index (χ4n) is 3.73. The predicted octanol–water partition coefficient (Wildman–Crippen LogP) is 5.86. The Morgan fingerprint density at radius 3 is 2.88 bits per heavy atom. The van der Waals surface area contributed by atoms with Gasteiger partial charge >= 0.3 is 0 Å². The van der Waals surface area contributed by atoms with Crippen LogP contribution < -0.4 is 4.74 Å². The minimum absolute atomic E-state index is 0.469. The Balaban J connectivity index is 1.41. The van der Waals surface area contributed by atoms with Crippen LogP contribution in [0.25, 0.3) is 10.9 Å². The second kappa shape index (κ2) is 10.3. The standard InChI is InChI=1S/C23H31NO2/c1-25-22-15-10-14-21-19(16-17-24-23(21)22)11-6-5-9-18-26-20-12-7-3-2-4-8-13-20/h2-3,10,14-17,20H,4-9,11-13,18H2,1H3. The van der Waals surface area contributed by atoms with Crippen LogP contribution in [0.3, 0.4) is 0 Å². The topological polar surface area (TPSA) is 31.4 Å². The highest BCUT2D eigenvalue weighted by molar-refractivity contribution is 5.87. The molecule has 0 aliphatic heterocycles. The van der Waals surface area contributed by atoms with E-state index in [-0.39, 0.29) is 0 Å². The van der Waals surface area contributed by atoms with Gasteiger partial charge in [0.1, 0.15) is 11.3 Å². The number of para-hydroxylation sites is 1. The highest BCUT2D eigenvalue weighted by atomic mass is 16.5. The minimum Gasteiger partial charge on any atom is -0.494 e. The number of hydrogen-bond acceptors (Lipinski definition) is 3. The second-order valence-corrected chi connectivity index (χ2v) is 7.11. The molecule has 2 aromatic rings. The summed E-state index contributed by atoms with van der Waals surface area (Å²) in [6.45, 7) is 0.902. The minimum atomic E-state index is 0.469. The average Bonchev–Trinajstić information content (AvgIpc) is 2.65. The van der Waals surface area contributed by atoms with Gasteiger partial charge in [-0.15, -0.1) is 0 Å². The molecule has 0 N–H and O–H groups in total. The number of pyridine rings is 1. The molecule has 1 heterocycles. The largest absolute Gasteiger partial charge is 0.494 e. The molecule has 140 valence electrons. The summed E-state index contributed by atoms with van der Waals surface area (Å²) in [7, 11) is 1.70. The molecule has 1 unspecified atom stereocenters. The van der Waals surface area contributed by atoms with Crippen molar-refractivity contribution in [1.82, 2.24) is 4.98 Å². The number of aromatic nitrogens is 1. The summed E-state index contributed by atoms with van der Waals surface area (Å²) in [5.41, 5.74) is 2.33. The first-order chi connectivity index (χ1) is 12.9. The van der Waals surface area contributed by atoms with E-state index >= 15 is 0 Å². The maximum absolute atomic E-state index is 6.11. The molecule has 0 saturated carbocycles. The van der Waals surface area contributed by atoms with Gasteiger partial charge in [-0.25, -0.2) is 0 Å². The summed E-state index contributed by atoms with van der Waals surface area (Å²) in [5, 5.41) is 1.21. The zero-order valence-corrected chi connectivity index (χ0v) is 16.0. The molecule has 3 rings (SSSR count). The Kier molecular flexibility index (Phi) is 7.51. The van der Waals surface area contributed by atoms with Gasteiger partial charge in [0.15, 0.2) is 0 Å². The number of ether oxygens (including phenoxy) is 2. The van der Waals surface area contributed by atoms with E-state index in [1.807, 2.05) is 18.3 Å². The van der Waals surface area contributed by atoms with Crippen LogP contribution in [0.2, 0.25) is 0 Å². The monoisotopic (exact) mass is 353 g/mol. The number of hydrogen-bond donors (Lipinski definition) is 0. The van der Waals surface area contributed by atoms with Gasteiger partial charge < -0.3 is 9.47 Å². The molecular formula is C23H31NO2. The summed E-state index contributed by atoms with van der Waals surface area (Å²) in [6, 6.07) is 8.30. The van der Waals surface area contributed by atoms with E-state index in [2.05, 4.69) is 29.3 Å². The third-order valence-electron chi connectivity index (χ3n) is 5.21. The molecule has 26 heavy (non-hydrogen) atoms. The highest BCUT2D eigenvalue weighted by Gasteiger charge is 2.09. The summed E-state index contributed by atoms with van der Waals surface area (Å²) in [4.78, 5) is 4.49. The molecule has 3 nitrogen and oxygen atoms in total. The summed E-state index contributed by atoms with van der Waals surface area (Å²) < 4.78 is 11.5. The van der Waals surface area contributed by atoms with E-state index in [1.54, 1.807) is 7.11 Å². The molecule has 0 saturated heterocycles. The molecule has 1 aromatic carbocycles. The van der Waals surface area contributed by atoms with Gasteiger partial charge in [-0.1, -0.05) is 30.7 Å². The Hall–Kier alpha value is -1.87. The van der Waals surface area contributed by atoms with E-state index in [1.165, 1.54) is 55.9 Å². The summed E-state index contributed by atoms with van der Waals surface area (Å²) in [5.74, 6) is 0.854. The van der Waals surface area contributed by atoms with Gasteiger partial charge in [-0.05, 0) is 69.1 Å². The van der Waals surface area contributed by atoms with Crippen LogP contribution in [0, 0.1) is 0 Å². The molecule has 0 amide bonds. The zero-order valence-electron chi connectivity index (χ0n) is 16.0. The van der Waals surface area contributed by atoms with Gasteiger partial charge in [0.25, 0.3) is 0 Å². The van der Waals surface area contributed by atoms with Crippen LogP contribution >= 0.6 is 0 Å². The molecule has 0 spiro atoms. The number of fused-ring (bicyclic) bond motifs is 1. The quantitative estimate of drug-likeness (QED) is 0.440. The van der Waals surface area contributed by atoms with Crippen LogP contribution in [0.4, 0.5) is 0 Å². The molecule has 3 heteroatoms. The van der Waals surface area contributed by atoms with Crippen molar-refractivity contribution in [2.75, 3.05) is 13.7 Å². The maximum atomic E-state index is 6.11. The van der Waals surface area contributed by atoms with E-state index < -0.39 is 0 Å². The molecule has 0 radical (unpaired) electrons. The Morgan fingerprint density at radius 1 is 1.04 bits per heavy atom. The first-order valence-corrected chi connectivity index (χ1v) is 10.1. The van der Waals surface area contributed by atoms with Crippen molar-refractivity contribution in [3.05, 3.63) is 48.2 Å². The lowest BCUT2D eigenvalue weighted by Gasteiger charge is -2.18. The van der Waals surface area contributed by atoms with Crippen LogP contribution in [-0.2, 0) is 11.2 Å². The van der Waals surface area contributed by atoms with Crippen LogP contribution in [-0.4, -0.2) is 24.8 Å². The Labute approximate surface area is 157 Å². The van der Waals surface area contributed by atoms with Crippen LogP contribution in [0.1, 0.15) is 56.9 Å². The van der Waals surface area contributed by atoms with Gasteiger partial charge in [-0.2, -0.15) is 0 Å². The predicted molar refractivity (Wildman–Crippen MR) is 108 cm³/mol. The molecule has 1 aromatic heterocycles. The average molecular weight is 354 g/mol. The van der Waals surface area contributed by atoms with E-state index in [0.717, 1.165) is 30.7 Å². The van der Waals surface area contributed by atoms with E-state index in [4.69, 9.17) is 9.47 Å². The Morgan fingerprint density at radius 2 is 1.96 bits per heavy atom. The highest BCUT2D eigenvalue weighted by Crippen LogP contribution is 2.26. The third-order valence-corrected chi connectivity index (χ3v) is 5.21. The fraction of sp³-hybridized carbons (Fsp3) is 0.522. The van der Waals surface area contributed by atoms with Gasteiger partial charge in [-0.3, -0.25) is 4.98 Å². The van der Waals surface area contributed by atoms with Crippen molar-refractivity contribution in [2.24, 2.45) is 0 Å². The number of unbranched alkanes of at least 4 members (excludes halogenated alkanes) is 2. The number of methoxy groups -OCH3 is 1. The lowest BCUT2D eigenvalue weighted by Crippen LogP contribution is -2.14. The van der Waals surface area contributed by atoms with E-state index in [0.29, 0.717) is 6.10 Å². The smallest absolute Gasteiger partial charge is 0.145 e. The maximum Gasteiger partial charge on any atom is 0.145 e. The SMILES string of the molecule is COc1cccc2c(CCCCCOC3CCC=CCCC3)ccnc12. The van der Waals surface area contributed by atoms with Crippen molar-refractivity contribution in [1.29, 1.82) is 0 Å². The first-order valence-electron chi connectivity index (χ1n) is 10.1. The van der Waals surface area contributed by atoms with Crippen molar-refractivity contribution in [3.8, 4) is 5.75 Å². The number of allylic oxidation sites excluding steroid dienone is 2. The third kappa shape index (κ3) is 5.31. The number of aryl methyl sites for hydroxylation is 1. The van der Waals surface area contributed by atoms with Crippen molar-refractivity contribution >= 4 is 10.9 Å². The molecule has 1 aliphatic rings. The van der Waals surface area contributed by atoms with Crippen LogP contribution in [0.5, 0.6) is 5.75 Å². The van der Waals surface area contributed by atoms with Gasteiger partial charge in [0, 0.05) is 18.2 Å². The Bertz CT molecular complexity index is 710. The lowest BCUT2D eigenvalue weighted by atomic mass is 10.0. The number of rotatable bonds is 8. The summed E-state index contributed by atoms with van der Waals surface area (Å²) in [6.07, 6.45) is 17.7. The van der Waals surface area contributed by atoms with Crippen LogP contribution in [0.15, 0.2) is 42.6 Å². The normalized spacial score (nSPS) is 17.8.